The maximum absolute atomic E-state index is 2.47. The van der Waals surface area contributed by atoms with Crippen LogP contribution in [-0.4, -0.2) is 18.0 Å². The van der Waals surface area contributed by atoms with Crippen LogP contribution >= 0.6 is 0 Å². The third-order valence-corrected chi connectivity index (χ3v) is 2.78. The summed E-state index contributed by atoms with van der Waals surface area (Å²) in [5, 5.41) is 0. The van der Waals surface area contributed by atoms with E-state index in [4.69, 9.17) is 0 Å². The zero-order valence-electron chi connectivity index (χ0n) is 8.74. The van der Waals surface area contributed by atoms with E-state index in [2.05, 4.69) is 48.2 Å². The van der Waals surface area contributed by atoms with Crippen LogP contribution in [0.2, 0.25) is 0 Å². The number of hydrogen-bond donors (Lipinski definition) is 0. The molecule has 0 spiro atoms. The maximum atomic E-state index is 2.47. The van der Waals surface area contributed by atoms with Crippen molar-refractivity contribution >= 4 is 6.08 Å². The highest BCUT2D eigenvalue weighted by Gasteiger charge is 2.10. The average molecular weight is 187 g/mol. The van der Waals surface area contributed by atoms with Gasteiger partial charge < -0.3 is 4.90 Å². The van der Waals surface area contributed by atoms with Crippen molar-refractivity contribution in [2.24, 2.45) is 0 Å². The lowest BCUT2D eigenvalue weighted by molar-refractivity contribution is 0.431. The van der Waals surface area contributed by atoms with E-state index in [1.54, 1.807) is 0 Å². The minimum atomic E-state index is 1.23. The zero-order chi connectivity index (χ0) is 9.80. The van der Waals surface area contributed by atoms with Gasteiger partial charge in [0.1, 0.15) is 0 Å². The molecule has 0 aliphatic carbocycles. The van der Waals surface area contributed by atoms with Crippen LogP contribution in [-0.2, 0) is 0 Å². The van der Waals surface area contributed by atoms with Gasteiger partial charge >= 0.3 is 0 Å². The highest BCUT2D eigenvalue weighted by molar-refractivity contribution is 5.51. The topological polar surface area (TPSA) is 3.24 Å². The number of hydrogen-bond acceptors (Lipinski definition) is 1. The first-order chi connectivity index (χ1) is 6.86. The second kappa shape index (κ2) is 4.32. The van der Waals surface area contributed by atoms with E-state index >= 15 is 0 Å². The van der Waals surface area contributed by atoms with E-state index in [0.717, 1.165) is 0 Å². The van der Waals surface area contributed by atoms with E-state index in [1.165, 1.54) is 37.2 Å². The van der Waals surface area contributed by atoms with Crippen molar-refractivity contribution in [1.82, 2.24) is 4.90 Å². The molecule has 0 saturated carbocycles. The Kier molecular flexibility index (Phi) is 2.87. The van der Waals surface area contributed by atoms with Crippen molar-refractivity contribution in [2.75, 3.05) is 13.1 Å². The Morgan fingerprint density at radius 2 is 1.79 bits per heavy atom. The molecule has 1 heteroatoms. The van der Waals surface area contributed by atoms with Crippen LogP contribution in [0.15, 0.2) is 36.0 Å². The summed E-state index contributed by atoms with van der Waals surface area (Å²) < 4.78 is 0. The first kappa shape index (κ1) is 9.32. The number of allylic oxidation sites excluding steroid dienone is 1. The van der Waals surface area contributed by atoms with Gasteiger partial charge in [-0.05, 0) is 31.4 Å². The van der Waals surface area contributed by atoms with Gasteiger partial charge in [0.2, 0.25) is 0 Å². The van der Waals surface area contributed by atoms with Crippen LogP contribution in [0.5, 0.6) is 0 Å². The van der Waals surface area contributed by atoms with Gasteiger partial charge in [-0.3, -0.25) is 0 Å². The quantitative estimate of drug-likeness (QED) is 0.687. The molecule has 1 heterocycles. The minimum absolute atomic E-state index is 1.23. The molecule has 0 amide bonds. The largest absolute Gasteiger partial charge is 0.375 e. The van der Waals surface area contributed by atoms with Crippen LogP contribution < -0.4 is 0 Å². The molecule has 0 aromatic heterocycles. The number of likely N-dealkylation sites (tertiary alicyclic amines) is 1. The van der Waals surface area contributed by atoms with Crippen LogP contribution in [0.25, 0.3) is 6.08 Å². The Balaban J connectivity index is 2.10. The Morgan fingerprint density at radius 1 is 1.14 bits per heavy atom. The molecular formula is C13H17N. The summed E-state index contributed by atoms with van der Waals surface area (Å²) in [6, 6.07) is 10.5. The third-order valence-electron chi connectivity index (χ3n) is 2.78. The molecule has 0 N–H and O–H groups in total. The Hall–Kier alpha value is -1.24. The van der Waals surface area contributed by atoms with E-state index in [1.807, 2.05) is 0 Å². The van der Waals surface area contributed by atoms with Gasteiger partial charge in [0.15, 0.2) is 0 Å². The van der Waals surface area contributed by atoms with Crippen molar-refractivity contribution in [1.29, 1.82) is 0 Å². The smallest absolute Gasteiger partial charge is 0.0175 e. The highest BCUT2D eigenvalue weighted by Crippen LogP contribution is 2.16. The van der Waals surface area contributed by atoms with Crippen LogP contribution in [0, 0.1) is 0 Å². The van der Waals surface area contributed by atoms with Gasteiger partial charge in [0.25, 0.3) is 0 Å². The van der Waals surface area contributed by atoms with E-state index in [0.29, 0.717) is 0 Å². The summed E-state index contributed by atoms with van der Waals surface area (Å²) in [6.45, 7) is 4.67. The first-order valence-corrected chi connectivity index (χ1v) is 5.34. The van der Waals surface area contributed by atoms with Crippen LogP contribution in [0.4, 0.5) is 0 Å². The lowest BCUT2D eigenvalue weighted by Gasteiger charge is -2.17. The standard InChI is InChI=1S/C13H17N/c1-12(14-9-5-6-10-14)11-13-7-3-2-4-8-13/h2-4,7-8,11H,5-6,9-10H2,1H3/b12-11+. The second-order valence-corrected chi connectivity index (χ2v) is 3.89. The molecule has 1 aromatic rings. The molecule has 0 radical (unpaired) electrons. The predicted molar refractivity (Wildman–Crippen MR) is 60.9 cm³/mol. The van der Waals surface area contributed by atoms with Gasteiger partial charge in [-0.15, -0.1) is 0 Å². The summed E-state index contributed by atoms with van der Waals surface area (Å²) in [5.74, 6) is 0. The highest BCUT2D eigenvalue weighted by atomic mass is 15.1. The van der Waals surface area contributed by atoms with E-state index in [-0.39, 0.29) is 0 Å². The van der Waals surface area contributed by atoms with Gasteiger partial charge in [-0.1, -0.05) is 30.3 Å². The first-order valence-electron chi connectivity index (χ1n) is 5.34. The summed E-state index contributed by atoms with van der Waals surface area (Å²) in [6.07, 6.45) is 4.96. The summed E-state index contributed by atoms with van der Waals surface area (Å²) >= 11 is 0. The molecule has 0 bridgehead atoms. The van der Waals surface area contributed by atoms with Crippen LogP contribution in [0.3, 0.4) is 0 Å². The lowest BCUT2D eigenvalue weighted by atomic mass is 10.2. The van der Waals surface area contributed by atoms with Gasteiger partial charge in [0, 0.05) is 18.8 Å². The minimum Gasteiger partial charge on any atom is -0.375 e. The molecule has 1 fully saturated rings. The molecule has 74 valence electrons. The second-order valence-electron chi connectivity index (χ2n) is 3.89. The van der Waals surface area contributed by atoms with Crippen molar-refractivity contribution in [3.05, 3.63) is 41.6 Å². The number of nitrogens with zero attached hydrogens (tertiary/aromatic N) is 1. The van der Waals surface area contributed by atoms with Crippen molar-refractivity contribution < 1.29 is 0 Å². The Labute approximate surface area is 86.1 Å². The fourth-order valence-electron chi connectivity index (χ4n) is 1.95. The van der Waals surface area contributed by atoms with Gasteiger partial charge in [-0.25, -0.2) is 0 Å². The molecule has 1 aliphatic heterocycles. The zero-order valence-corrected chi connectivity index (χ0v) is 8.74. The molecule has 1 aliphatic rings. The maximum Gasteiger partial charge on any atom is 0.0175 e. The van der Waals surface area contributed by atoms with Crippen molar-refractivity contribution in [3.63, 3.8) is 0 Å². The number of benzene rings is 1. The molecule has 14 heavy (non-hydrogen) atoms. The molecule has 1 saturated heterocycles. The summed E-state index contributed by atoms with van der Waals surface area (Å²) in [7, 11) is 0. The predicted octanol–water partition coefficient (Wildman–Crippen LogP) is 3.14. The van der Waals surface area contributed by atoms with Gasteiger partial charge in [-0.2, -0.15) is 0 Å². The molecule has 0 unspecified atom stereocenters. The average Bonchev–Trinajstić information content (AvgIpc) is 2.72. The SMILES string of the molecule is C/C(=C\c1ccccc1)N1CCCC1. The normalized spacial score (nSPS) is 17.5. The number of rotatable bonds is 2. The van der Waals surface area contributed by atoms with E-state index in [9.17, 15) is 0 Å². The molecule has 0 atom stereocenters. The Bertz CT molecular complexity index is 307. The van der Waals surface area contributed by atoms with E-state index < -0.39 is 0 Å². The lowest BCUT2D eigenvalue weighted by Crippen LogP contribution is -2.16. The molecule has 1 nitrogen and oxygen atoms in total. The fourth-order valence-corrected chi connectivity index (χ4v) is 1.95. The van der Waals surface area contributed by atoms with Crippen LogP contribution in [0.1, 0.15) is 25.3 Å². The summed E-state index contributed by atoms with van der Waals surface area (Å²) in [4.78, 5) is 2.47. The van der Waals surface area contributed by atoms with Crippen molar-refractivity contribution in [3.8, 4) is 0 Å². The third kappa shape index (κ3) is 2.16. The molecular weight excluding hydrogens is 170 g/mol. The molecule has 1 aromatic carbocycles. The molecule has 2 rings (SSSR count). The van der Waals surface area contributed by atoms with Crippen molar-refractivity contribution in [2.45, 2.75) is 19.8 Å². The van der Waals surface area contributed by atoms with Gasteiger partial charge in [0.05, 0.1) is 0 Å². The fraction of sp³-hybridized carbons (Fsp3) is 0.385. The summed E-state index contributed by atoms with van der Waals surface area (Å²) in [5.41, 5.74) is 2.70. The Morgan fingerprint density at radius 3 is 2.43 bits per heavy atom. The monoisotopic (exact) mass is 187 g/mol.